The second-order valence-electron chi connectivity index (χ2n) is 2.82. The molecule has 0 amide bonds. The van der Waals surface area contributed by atoms with E-state index in [-0.39, 0.29) is 5.97 Å². The van der Waals surface area contributed by atoms with Gasteiger partial charge < -0.3 is 10.5 Å². The second kappa shape index (κ2) is 6.29. The summed E-state index contributed by atoms with van der Waals surface area (Å²) in [4.78, 5) is 15.9. The molecule has 0 spiro atoms. The Morgan fingerprint density at radius 1 is 1.67 bits per heavy atom. The molecule has 1 rings (SSSR count). The number of rotatable bonds is 5. The average Bonchev–Trinajstić information content (AvgIpc) is 2.21. The number of hydrogen-bond donors (Lipinski definition) is 1. The Labute approximate surface area is 93.2 Å². The van der Waals surface area contributed by atoms with Crippen molar-refractivity contribution in [3.63, 3.8) is 0 Å². The molecule has 15 heavy (non-hydrogen) atoms. The molecule has 0 radical (unpaired) electrons. The molecule has 0 aliphatic rings. The second-order valence-corrected chi connectivity index (χ2v) is 3.95. The van der Waals surface area contributed by atoms with E-state index in [1.165, 1.54) is 11.8 Å². The summed E-state index contributed by atoms with van der Waals surface area (Å²) in [7, 11) is 0. The SMILES string of the molecule is CCOC(=O)CCSc1ccncc1N. The number of nitrogens with two attached hydrogens (primary N) is 1. The lowest BCUT2D eigenvalue weighted by atomic mass is 10.4. The van der Waals surface area contributed by atoms with Crippen LogP contribution in [0.2, 0.25) is 0 Å². The molecule has 1 aromatic rings. The van der Waals surface area contributed by atoms with Gasteiger partial charge in [0.15, 0.2) is 0 Å². The van der Waals surface area contributed by atoms with Crippen molar-refractivity contribution in [1.29, 1.82) is 0 Å². The lowest BCUT2D eigenvalue weighted by molar-refractivity contribution is -0.142. The van der Waals surface area contributed by atoms with Crippen molar-refractivity contribution in [1.82, 2.24) is 4.98 Å². The molecular weight excluding hydrogens is 212 g/mol. The van der Waals surface area contributed by atoms with Crippen LogP contribution < -0.4 is 5.73 Å². The molecule has 0 saturated carbocycles. The first kappa shape index (κ1) is 11.8. The molecule has 82 valence electrons. The molecule has 4 nitrogen and oxygen atoms in total. The molecule has 5 heteroatoms. The van der Waals surface area contributed by atoms with Crippen LogP contribution in [0.5, 0.6) is 0 Å². The van der Waals surface area contributed by atoms with Crippen molar-refractivity contribution in [3.05, 3.63) is 18.5 Å². The number of carbonyl (C=O) groups excluding carboxylic acids is 1. The number of nitrogen functional groups attached to an aromatic ring is 1. The van der Waals surface area contributed by atoms with Gasteiger partial charge in [0.05, 0.1) is 24.9 Å². The Kier molecular flexibility index (Phi) is 4.97. The molecule has 0 atom stereocenters. The third kappa shape index (κ3) is 4.20. The van der Waals surface area contributed by atoms with Gasteiger partial charge in [-0.3, -0.25) is 9.78 Å². The van der Waals surface area contributed by atoms with Crippen molar-refractivity contribution in [2.45, 2.75) is 18.2 Å². The van der Waals surface area contributed by atoms with Crippen LogP contribution in [0.4, 0.5) is 5.69 Å². The van der Waals surface area contributed by atoms with E-state index in [0.717, 1.165) is 4.90 Å². The fourth-order valence-corrected chi connectivity index (χ4v) is 1.87. The van der Waals surface area contributed by atoms with E-state index >= 15 is 0 Å². The lowest BCUT2D eigenvalue weighted by Crippen LogP contribution is -2.04. The minimum Gasteiger partial charge on any atom is -0.466 e. The van der Waals surface area contributed by atoms with E-state index in [1.54, 1.807) is 19.3 Å². The zero-order chi connectivity index (χ0) is 11.1. The van der Waals surface area contributed by atoms with E-state index in [2.05, 4.69) is 4.98 Å². The van der Waals surface area contributed by atoms with Crippen LogP contribution in [0, 0.1) is 0 Å². The van der Waals surface area contributed by atoms with Gasteiger partial charge in [0.1, 0.15) is 0 Å². The number of anilines is 1. The highest BCUT2D eigenvalue weighted by molar-refractivity contribution is 7.99. The monoisotopic (exact) mass is 226 g/mol. The summed E-state index contributed by atoms with van der Waals surface area (Å²) in [6, 6.07) is 1.84. The minimum atomic E-state index is -0.169. The van der Waals surface area contributed by atoms with Gasteiger partial charge in [-0.1, -0.05) is 0 Å². The third-order valence-electron chi connectivity index (χ3n) is 1.68. The Morgan fingerprint density at radius 3 is 3.13 bits per heavy atom. The first-order chi connectivity index (χ1) is 7.24. The molecule has 0 unspecified atom stereocenters. The molecule has 0 saturated heterocycles. The number of hydrogen-bond acceptors (Lipinski definition) is 5. The fraction of sp³-hybridized carbons (Fsp3) is 0.400. The molecule has 2 N–H and O–H groups in total. The van der Waals surface area contributed by atoms with Crippen LogP contribution in [0.1, 0.15) is 13.3 Å². The smallest absolute Gasteiger partial charge is 0.306 e. The highest BCUT2D eigenvalue weighted by atomic mass is 32.2. The number of carbonyl (C=O) groups is 1. The Bertz CT molecular complexity index is 331. The standard InChI is InChI=1S/C10H14N2O2S/c1-2-14-10(13)4-6-15-9-3-5-12-7-8(9)11/h3,5,7H,2,4,6,11H2,1H3. The van der Waals surface area contributed by atoms with Gasteiger partial charge in [0, 0.05) is 16.8 Å². The van der Waals surface area contributed by atoms with Crippen LogP contribution in [0.3, 0.4) is 0 Å². The van der Waals surface area contributed by atoms with Crippen LogP contribution in [0.25, 0.3) is 0 Å². The van der Waals surface area contributed by atoms with Crippen LogP contribution in [-0.2, 0) is 9.53 Å². The summed E-state index contributed by atoms with van der Waals surface area (Å²) in [5.74, 6) is 0.505. The van der Waals surface area contributed by atoms with Gasteiger partial charge in [-0.15, -0.1) is 11.8 Å². The number of ether oxygens (including phenoxy) is 1. The third-order valence-corrected chi connectivity index (χ3v) is 2.77. The maximum Gasteiger partial charge on any atom is 0.306 e. The van der Waals surface area contributed by atoms with Crippen LogP contribution in [0.15, 0.2) is 23.4 Å². The Balaban J connectivity index is 2.32. The van der Waals surface area contributed by atoms with Gasteiger partial charge in [-0.05, 0) is 13.0 Å². The molecule has 0 aromatic carbocycles. The Hall–Kier alpha value is -1.23. The topological polar surface area (TPSA) is 65.2 Å². The number of pyridine rings is 1. The zero-order valence-electron chi connectivity index (χ0n) is 8.60. The average molecular weight is 226 g/mol. The first-order valence-electron chi connectivity index (χ1n) is 4.72. The van der Waals surface area contributed by atoms with E-state index in [0.29, 0.717) is 24.5 Å². The van der Waals surface area contributed by atoms with Gasteiger partial charge in [-0.25, -0.2) is 0 Å². The molecule has 0 aliphatic carbocycles. The fourth-order valence-electron chi connectivity index (χ4n) is 1.00. The van der Waals surface area contributed by atoms with E-state index in [9.17, 15) is 4.79 Å². The van der Waals surface area contributed by atoms with Crippen molar-refractivity contribution in [3.8, 4) is 0 Å². The Morgan fingerprint density at radius 2 is 2.47 bits per heavy atom. The quantitative estimate of drug-likeness (QED) is 0.611. The summed E-state index contributed by atoms with van der Waals surface area (Å²) in [6.45, 7) is 2.23. The molecule has 0 aliphatic heterocycles. The van der Waals surface area contributed by atoms with Crippen LogP contribution >= 0.6 is 11.8 Å². The predicted octanol–water partition coefficient (Wildman–Crippen LogP) is 1.71. The summed E-state index contributed by atoms with van der Waals surface area (Å²) in [5, 5.41) is 0. The van der Waals surface area contributed by atoms with Gasteiger partial charge in [0.25, 0.3) is 0 Å². The van der Waals surface area contributed by atoms with Gasteiger partial charge in [-0.2, -0.15) is 0 Å². The van der Waals surface area contributed by atoms with Gasteiger partial charge >= 0.3 is 5.97 Å². The zero-order valence-corrected chi connectivity index (χ0v) is 9.42. The molecule has 0 fully saturated rings. The van der Waals surface area contributed by atoms with Crippen LogP contribution in [-0.4, -0.2) is 23.3 Å². The van der Waals surface area contributed by atoms with Gasteiger partial charge in [0.2, 0.25) is 0 Å². The summed E-state index contributed by atoms with van der Waals surface area (Å²) in [5.41, 5.74) is 6.34. The summed E-state index contributed by atoms with van der Waals surface area (Å²) in [6.07, 6.45) is 3.69. The number of nitrogens with zero attached hydrogens (tertiary/aromatic N) is 1. The maximum atomic E-state index is 11.0. The number of esters is 1. The molecule has 1 heterocycles. The molecule has 1 aromatic heterocycles. The van der Waals surface area contributed by atoms with E-state index in [1.807, 2.05) is 6.07 Å². The number of aromatic nitrogens is 1. The van der Waals surface area contributed by atoms with Crippen molar-refractivity contribution >= 4 is 23.4 Å². The van der Waals surface area contributed by atoms with E-state index < -0.39 is 0 Å². The minimum absolute atomic E-state index is 0.169. The number of thioether (sulfide) groups is 1. The van der Waals surface area contributed by atoms with Crippen molar-refractivity contribution in [2.24, 2.45) is 0 Å². The summed E-state index contributed by atoms with van der Waals surface area (Å²) >= 11 is 1.54. The highest BCUT2D eigenvalue weighted by Gasteiger charge is 2.03. The predicted molar refractivity (Wildman–Crippen MR) is 60.6 cm³/mol. The maximum absolute atomic E-state index is 11.0. The van der Waals surface area contributed by atoms with Crippen molar-refractivity contribution in [2.75, 3.05) is 18.1 Å². The largest absolute Gasteiger partial charge is 0.466 e. The lowest BCUT2D eigenvalue weighted by Gasteiger charge is -2.04. The normalized spacial score (nSPS) is 9.93. The molecule has 0 bridgehead atoms. The van der Waals surface area contributed by atoms with Crippen molar-refractivity contribution < 1.29 is 9.53 Å². The highest BCUT2D eigenvalue weighted by Crippen LogP contribution is 2.23. The summed E-state index contributed by atoms with van der Waals surface area (Å²) < 4.78 is 4.81. The first-order valence-corrected chi connectivity index (χ1v) is 5.70. The molecular formula is C10H14N2O2S. The van der Waals surface area contributed by atoms with E-state index in [4.69, 9.17) is 10.5 Å².